The molecule has 0 N–H and O–H groups in total. The summed E-state index contributed by atoms with van der Waals surface area (Å²) in [6, 6.07) is 6.02. The van der Waals surface area contributed by atoms with Crippen LogP contribution < -0.4 is 4.74 Å². The number of nitrogens with zero attached hydrogens (tertiary/aromatic N) is 2. The Morgan fingerprint density at radius 2 is 2.00 bits per heavy atom. The fraction of sp³-hybridized carbons (Fsp3) is 0.632. The highest BCUT2D eigenvalue weighted by Gasteiger charge is 2.37. The maximum Gasteiger partial charge on any atom is 0.226 e. The molecule has 0 aromatic heterocycles. The molecule has 1 atom stereocenters. The molecule has 0 radical (unpaired) electrons. The molecule has 1 heterocycles. The molecule has 4 rings (SSSR count). The van der Waals surface area contributed by atoms with E-state index in [-0.39, 0.29) is 23.9 Å². The Balaban J connectivity index is 1.57. The van der Waals surface area contributed by atoms with Gasteiger partial charge in [0.05, 0.1) is 12.3 Å². The minimum atomic E-state index is -3.23. The van der Waals surface area contributed by atoms with Crippen molar-refractivity contribution in [1.29, 1.82) is 0 Å². The summed E-state index contributed by atoms with van der Waals surface area (Å²) in [5, 5.41) is 0. The molecule has 2 fully saturated rings. The van der Waals surface area contributed by atoms with E-state index in [9.17, 15) is 13.2 Å². The largest absolute Gasteiger partial charge is 0.491 e. The van der Waals surface area contributed by atoms with E-state index in [1.54, 1.807) is 4.31 Å². The molecule has 7 heteroatoms. The number of carbonyl (C=O) groups is 1. The van der Waals surface area contributed by atoms with Crippen molar-refractivity contribution in [3.63, 3.8) is 0 Å². The molecule has 1 aliphatic heterocycles. The van der Waals surface area contributed by atoms with Crippen LogP contribution in [0.3, 0.4) is 0 Å². The van der Waals surface area contributed by atoms with E-state index >= 15 is 0 Å². The van der Waals surface area contributed by atoms with Crippen LogP contribution in [-0.4, -0.2) is 48.5 Å². The van der Waals surface area contributed by atoms with Gasteiger partial charge in [-0.05, 0) is 50.3 Å². The second-order valence-corrected chi connectivity index (χ2v) is 9.82. The predicted octanol–water partition coefficient (Wildman–Crippen LogP) is 2.13. The van der Waals surface area contributed by atoms with Crippen LogP contribution >= 0.6 is 0 Å². The second-order valence-electron chi connectivity index (χ2n) is 7.88. The predicted molar refractivity (Wildman–Crippen MR) is 98.1 cm³/mol. The Hall–Kier alpha value is -1.60. The molecule has 1 aromatic carbocycles. The number of fused-ring (bicyclic) bond motifs is 1. The molecule has 0 spiro atoms. The van der Waals surface area contributed by atoms with Crippen LogP contribution in [0.2, 0.25) is 0 Å². The van der Waals surface area contributed by atoms with Crippen molar-refractivity contribution in [2.45, 2.75) is 57.8 Å². The first kappa shape index (κ1) is 17.8. The highest BCUT2D eigenvalue weighted by atomic mass is 32.2. The molecule has 0 bridgehead atoms. The summed E-state index contributed by atoms with van der Waals surface area (Å²) in [5.41, 5.74) is 1.91. The van der Waals surface area contributed by atoms with Gasteiger partial charge in [0, 0.05) is 30.6 Å². The molecule has 26 heavy (non-hydrogen) atoms. The van der Waals surface area contributed by atoms with Gasteiger partial charge >= 0.3 is 0 Å². The minimum absolute atomic E-state index is 0.0398. The summed E-state index contributed by atoms with van der Waals surface area (Å²) >= 11 is 0. The number of hydrogen-bond acceptors (Lipinski definition) is 4. The average molecular weight is 378 g/mol. The monoisotopic (exact) mass is 378 g/mol. The van der Waals surface area contributed by atoms with E-state index in [2.05, 4.69) is 0 Å². The Morgan fingerprint density at radius 3 is 2.62 bits per heavy atom. The summed E-state index contributed by atoms with van der Waals surface area (Å²) in [6.45, 7) is 3.42. The van der Waals surface area contributed by atoms with Gasteiger partial charge in [-0.1, -0.05) is 6.07 Å². The molecule has 2 saturated carbocycles. The summed E-state index contributed by atoms with van der Waals surface area (Å²) in [7, 11) is -3.23. The number of ether oxygens (including phenoxy) is 1. The summed E-state index contributed by atoms with van der Waals surface area (Å²) in [5.74, 6) is 1.19. The van der Waals surface area contributed by atoms with Gasteiger partial charge in [0.1, 0.15) is 12.4 Å². The van der Waals surface area contributed by atoms with Crippen molar-refractivity contribution < 1.29 is 17.9 Å². The molecule has 142 valence electrons. The third-order valence-corrected chi connectivity index (χ3v) is 6.69. The number of amides is 1. The first-order valence-corrected chi connectivity index (χ1v) is 11.2. The van der Waals surface area contributed by atoms with Gasteiger partial charge in [0.25, 0.3) is 0 Å². The minimum Gasteiger partial charge on any atom is -0.491 e. The molecule has 2 aliphatic carbocycles. The van der Waals surface area contributed by atoms with Crippen LogP contribution in [-0.2, 0) is 27.9 Å². The van der Waals surface area contributed by atoms with Gasteiger partial charge in [0.15, 0.2) is 0 Å². The zero-order valence-corrected chi connectivity index (χ0v) is 16.2. The van der Waals surface area contributed by atoms with Gasteiger partial charge in [0.2, 0.25) is 15.9 Å². The molecular weight excluding hydrogens is 352 g/mol. The Kier molecular flexibility index (Phi) is 4.47. The Morgan fingerprint density at radius 1 is 1.27 bits per heavy atom. The third kappa shape index (κ3) is 3.74. The molecule has 0 saturated heterocycles. The zero-order valence-electron chi connectivity index (χ0n) is 15.3. The maximum absolute atomic E-state index is 12.6. The highest BCUT2D eigenvalue weighted by Crippen LogP contribution is 2.35. The maximum atomic E-state index is 12.6. The van der Waals surface area contributed by atoms with Gasteiger partial charge in [-0.15, -0.1) is 0 Å². The lowest BCUT2D eigenvalue weighted by atomic mass is 10.1. The van der Waals surface area contributed by atoms with Gasteiger partial charge in [-0.3, -0.25) is 4.79 Å². The topological polar surface area (TPSA) is 66.9 Å². The quantitative estimate of drug-likeness (QED) is 0.787. The lowest BCUT2D eigenvalue weighted by Gasteiger charge is -2.26. The molecule has 1 aromatic rings. The van der Waals surface area contributed by atoms with Gasteiger partial charge in [-0.25, -0.2) is 8.42 Å². The van der Waals surface area contributed by atoms with E-state index in [1.807, 2.05) is 30.0 Å². The van der Waals surface area contributed by atoms with E-state index in [1.165, 1.54) is 6.26 Å². The van der Waals surface area contributed by atoms with Crippen LogP contribution in [0.25, 0.3) is 0 Å². The van der Waals surface area contributed by atoms with Crippen LogP contribution in [0.15, 0.2) is 18.2 Å². The normalized spacial score (nSPS) is 23.3. The van der Waals surface area contributed by atoms with Gasteiger partial charge < -0.3 is 9.64 Å². The lowest BCUT2D eigenvalue weighted by molar-refractivity contribution is -0.135. The van der Waals surface area contributed by atoms with Crippen molar-refractivity contribution in [2.75, 3.05) is 12.9 Å². The standard InChI is InChI=1S/C19H26N2O4S/c1-13-12-25-18-8-3-14(10-21(17-6-7-17)26(2,23)24)9-16(18)11-20(13)19(22)15-4-5-15/h3,8-9,13,15,17H,4-7,10-12H2,1-2H3. The second kappa shape index (κ2) is 6.53. The highest BCUT2D eigenvalue weighted by molar-refractivity contribution is 7.88. The van der Waals surface area contributed by atoms with Crippen LogP contribution in [0.5, 0.6) is 5.75 Å². The van der Waals surface area contributed by atoms with Crippen molar-refractivity contribution in [3.05, 3.63) is 29.3 Å². The summed E-state index contributed by atoms with van der Waals surface area (Å²) in [6.07, 6.45) is 5.11. The smallest absolute Gasteiger partial charge is 0.226 e. The van der Waals surface area contributed by atoms with Crippen LogP contribution in [0, 0.1) is 5.92 Å². The van der Waals surface area contributed by atoms with Crippen molar-refractivity contribution >= 4 is 15.9 Å². The van der Waals surface area contributed by atoms with Crippen molar-refractivity contribution in [3.8, 4) is 5.75 Å². The molecule has 1 unspecified atom stereocenters. The molecule has 1 amide bonds. The third-order valence-electron chi connectivity index (χ3n) is 5.41. The number of carbonyl (C=O) groups excluding carboxylic acids is 1. The van der Waals surface area contributed by atoms with E-state index in [0.29, 0.717) is 19.7 Å². The molecule has 6 nitrogen and oxygen atoms in total. The molecular formula is C19H26N2O4S. The number of rotatable bonds is 5. The van der Waals surface area contributed by atoms with E-state index < -0.39 is 10.0 Å². The SMILES string of the molecule is CC1COc2ccc(CN(C3CC3)S(C)(=O)=O)cc2CN1C(=O)C1CC1. The van der Waals surface area contributed by atoms with Gasteiger partial charge in [-0.2, -0.15) is 4.31 Å². The Labute approximate surface area is 155 Å². The van der Waals surface area contributed by atoms with Crippen molar-refractivity contribution in [1.82, 2.24) is 9.21 Å². The lowest BCUT2D eigenvalue weighted by Crippen LogP contribution is -2.40. The summed E-state index contributed by atoms with van der Waals surface area (Å²) in [4.78, 5) is 14.5. The summed E-state index contributed by atoms with van der Waals surface area (Å²) < 4.78 is 31.6. The van der Waals surface area contributed by atoms with Crippen LogP contribution in [0.1, 0.15) is 43.7 Å². The number of benzene rings is 1. The Bertz CT molecular complexity index is 815. The zero-order chi connectivity index (χ0) is 18.5. The van der Waals surface area contributed by atoms with Crippen molar-refractivity contribution in [2.24, 2.45) is 5.92 Å². The van der Waals surface area contributed by atoms with E-state index in [4.69, 9.17) is 4.74 Å². The average Bonchev–Trinajstić information content (AvgIpc) is 3.46. The van der Waals surface area contributed by atoms with Crippen LogP contribution in [0.4, 0.5) is 0 Å². The van der Waals surface area contributed by atoms with E-state index in [0.717, 1.165) is 42.6 Å². The number of sulfonamides is 1. The first-order valence-electron chi connectivity index (χ1n) is 9.35. The number of hydrogen-bond donors (Lipinski definition) is 0. The first-order chi connectivity index (χ1) is 12.3. The fourth-order valence-electron chi connectivity index (χ4n) is 3.55. The fourth-order valence-corrected chi connectivity index (χ4v) is 4.69. The molecule has 3 aliphatic rings.